The number of nitrogens with one attached hydrogen (secondary N) is 4. The van der Waals surface area contributed by atoms with Gasteiger partial charge in [-0.1, -0.05) is 6.42 Å². The average molecular weight is 471 g/mol. The Morgan fingerprint density at radius 3 is 2.52 bits per heavy atom. The van der Waals surface area contributed by atoms with Crippen LogP contribution in [0.1, 0.15) is 41.7 Å². The monoisotopic (exact) mass is 470 g/mol. The van der Waals surface area contributed by atoms with Crippen molar-refractivity contribution in [1.82, 2.24) is 25.6 Å². The average Bonchev–Trinajstić information content (AvgIpc) is 3.20. The third kappa shape index (κ3) is 7.77. The van der Waals surface area contributed by atoms with Crippen molar-refractivity contribution in [2.75, 3.05) is 17.2 Å². The van der Waals surface area contributed by atoms with Crippen molar-refractivity contribution in [3.63, 3.8) is 0 Å². The Morgan fingerprint density at radius 1 is 1.09 bits per heavy atom. The van der Waals surface area contributed by atoms with Gasteiger partial charge in [0.1, 0.15) is 17.5 Å². The van der Waals surface area contributed by atoms with Crippen LogP contribution in [0.4, 0.5) is 17.5 Å². The van der Waals surface area contributed by atoms with E-state index >= 15 is 0 Å². The van der Waals surface area contributed by atoms with Crippen molar-refractivity contribution in [3.8, 4) is 0 Å². The molecule has 0 bridgehead atoms. The van der Waals surface area contributed by atoms with Crippen LogP contribution in [-0.4, -0.2) is 43.7 Å². The maximum absolute atomic E-state index is 11.3. The predicted octanol–water partition coefficient (Wildman–Crippen LogP) is 2.98. The molecule has 3 aromatic rings. The number of hydroxylamine groups is 1. The van der Waals surface area contributed by atoms with E-state index in [0.29, 0.717) is 41.1 Å². The molecule has 11 nitrogen and oxygen atoms in total. The van der Waals surface area contributed by atoms with Crippen LogP contribution in [0.3, 0.4) is 0 Å². The Labute approximate surface area is 194 Å². The lowest BCUT2D eigenvalue weighted by atomic mass is 10.2. The highest BCUT2D eigenvalue weighted by Crippen LogP contribution is 2.28. The lowest BCUT2D eigenvalue weighted by Gasteiger charge is -2.11. The molecule has 0 saturated heterocycles. The molecule has 7 N–H and O–H groups in total. The molecule has 174 valence electrons. The van der Waals surface area contributed by atoms with E-state index < -0.39 is 5.91 Å². The van der Waals surface area contributed by atoms with Gasteiger partial charge in [0.2, 0.25) is 11.8 Å². The Morgan fingerprint density at radius 2 is 1.85 bits per heavy atom. The highest BCUT2D eigenvalue weighted by atomic mass is 32.2. The molecule has 33 heavy (non-hydrogen) atoms. The Balaban J connectivity index is 1.67. The molecular formula is C21H26N8O3S. The largest absolute Gasteiger partial charge is 0.370 e. The van der Waals surface area contributed by atoms with Gasteiger partial charge in [-0.15, -0.1) is 0 Å². The number of rotatable bonds is 12. The minimum absolute atomic E-state index is 0.289. The maximum atomic E-state index is 11.3. The predicted molar refractivity (Wildman–Crippen MR) is 125 cm³/mol. The third-order valence-electron chi connectivity index (χ3n) is 4.53. The first kappa shape index (κ1) is 24.0. The fourth-order valence-electron chi connectivity index (χ4n) is 2.90. The highest BCUT2D eigenvalue weighted by molar-refractivity contribution is 7.99. The van der Waals surface area contributed by atoms with E-state index in [0.717, 1.165) is 23.4 Å². The van der Waals surface area contributed by atoms with E-state index in [9.17, 15) is 9.59 Å². The van der Waals surface area contributed by atoms with Crippen LogP contribution in [0.5, 0.6) is 0 Å². The zero-order chi connectivity index (χ0) is 23.6. The summed E-state index contributed by atoms with van der Waals surface area (Å²) < 4.78 is 0. The van der Waals surface area contributed by atoms with Gasteiger partial charge in [-0.2, -0.15) is 5.10 Å². The number of unbranched alkanes of at least 4 members (excludes halogenated alkanes) is 2. The summed E-state index contributed by atoms with van der Waals surface area (Å²) in [4.78, 5) is 32.4. The second-order valence-corrected chi connectivity index (χ2v) is 8.27. The highest BCUT2D eigenvalue weighted by Gasteiger charge is 2.09. The van der Waals surface area contributed by atoms with E-state index in [-0.39, 0.29) is 12.3 Å². The number of aromatic nitrogens is 4. The van der Waals surface area contributed by atoms with Gasteiger partial charge in [-0.25, -0.2) is 15.4 Å². The van der Waals surface area contributed by atoms with E-state index in [1.807, 2.05) is 13.0 Å². The smallest absolute Gasteiger partial charge is 0.248 e. The minimum atomic E-state index is -0.479. The Bertz CT molecular complexity index is 1090. The van der Waals surface area contributed by atoms with Crippen LogP contribution in [-0.2, 0) is 4.79 Å². The summed E-state index contributed by atoms with van der Waals surface area (Å²) in [5, 5.41) is 22.5. The number of carbonyl (C=O) groups is 2. The van der Waals surface area contributed by atoms with Crippen molar-refractivity contribution >= 4 is 41.0 Å². The van der Waals surface area contributed by atoms with Gasteiger partial charge in [0.15, 0.2) is 5.16 Å². The van der Waals surface area contributed by atoms with Gasteiger partial charge in [-0.05, 0) is 55.8 Å². The summed E-state index contributed by atoms with van der Waals surface area (Å²) in [7, 11) is 0. The molecule has 0 aliphatic carbocycles. The number of benzene rings is 1. The van der Waals surface area contributed by atoms with Crippen LogP contribution in [0.15, 0.2) is 46.5 Å². The number of aromatic amines is 1. The van der Waals surface area contributed by atoms with Crippen molar-refractivity contribution in [2.24, 2.45) is 5.73 Å². The van der Waals surface area contributed by atoms with E-state index in [1.54, 1.807) is 35.8 Å². The molecule has 3 rings (SSSR count). The van der Waals surface area contributed by atoms with Gasteiger partial charge in [0, 0.05) is 35.6 Å². The number of aryl methyl sites for hydroxylation is 1. The second-order valence-electron chi connectivity index (χ2n) is 7.23. The molecule has 2 amide bonds. The van der Waals surface area contributed by atoms with Crippen molar-refractivity contribution in [3.05, 3.63) is 47.7 Å². The maximum Gasteiger partial charge on any atom is 0.248 e. The fraction of sp³-hybridized carbons (Fsp3) is 0.286. The SMILES string of the molecule is Cc1cc(Nc2cc(NCCCCCC(=O)NO)nc(Sc3ccc(C(N)=O)cc3)n2)[nH]n1. The van der Waals surface area contributed by atoms with Gasteiger partial charge in [-0.3, -0.25) is 19.9 Å². The molecule has 0 unspecified atom stereocenters. The van der Waals surface area contributed by atoms with Crippen LogP contribution < -0.4 is 21.8 Å². The zero-order valence-corrected chi connectivity index (χ0v) is 18.9. The van der Waals surface area contributed by atoms with E-state index in [1.165, 1.54) is 11.8 Å². The van der Waals surface area contributed by atoms with E-state index in [4.69, 9.17) is 10.9 Å². The molecule has 12 heteroatoms. The van der Waals surface area contributed by atoms with Crippen molar-refractivity contribution in [1.29, 1.82) is 0 Å². The van der Waals surface area contributed by atoms with Crippen LogP contribution in [0.25, 0.3) is 0 Å². The summed E-state index contributed by atoms with van der Waals surface area (Å²) in [6.07, 6.45) is 2.64. The molecule has 0 radical (unpaired) electrons. The summed E-state index contributed by atoms with van der Waals surface area (Å²) in [5.74, 6) is 1.09. The number of nitrogens with two attached hydrogens (primary N) is 1. The second kappa shape index (κ2) is 11.8. The molecule has 0 aliphatic rings. The van der Waals surface area contributed by atoms with Gasteiger partial charge < -0.3 is 16.4 Å². The lowest BCUT2D eigenvalue weighted by molar-refractivity contribution is -0.129. The summed E-state index contributed by atoms with van der Waals surface area (Å²) in [5.41, 5.74) is 8.22. The van der Waals surface area contributed by atoms with Crippen LogP contribution in [0.2, 0.25) is 0 Å². The molecule has 0 spiro atoms. The Kier molecular flexibility index (Phi) is 8.61. The summed E-state index contributed by atoms with van der Waals surface area (Å²) in [6, 6.07) is 10.6. The number of hydrogen-bond donors (Lipinski definition) is 6. The first-order chi connectivity index (χ1) is 15.9. The number of carbonyl (C=O) groups excluding carboxylic acids is 2. The molecule has 0 fully saturated rings. The molecule has 0 atom stereocenters. The van der Waals surface area contributed by atoms with Gasteiger partial charge >= 0.3 is 0 Å². The first-order valence-electron chi connectivity index (χ1n) is 10.4. The number of hydrogen-bond acceptors (Lipinski definition) is 9. The number of amides is 2. The van der Waals surface area contributed by atoms with Crippen molar-refractivity contribution < 1.29 is 14.8 Å². The molecule has 2 aromatic heterocycles. The third-order valence-corrected chi connectivity index (χ3v) is 5.41. The standard InChI is InChI=1S/C21H26N8O3S/c1-13-11-18(28-27-13)24-17-12-16(23-10-4-2-3-5-19(30)29-32)25-21(26-17)33-15-8-6-14(7-9-15)20(22)31/h6-9,11-12,32H,2-5,10H2,1H3,(H2,22,31)(H,29,30)(H3,23,24,25,26,27,28). The minimum Gasteiger partial charge on any atom is -0.370 e. The molecule has 0 aliphatic heterocycles. The number of anilines is 3. The normalized spacial score (nSPS) is 10.6. The van der Waals surface area contributed by atoms with E-state index in [2.05, 4.69) is 30.8 Å². The summed E-state index contributed by atoms with van der Waals surface area (Å²) in [6.45, 7) is 2.55. The molecule has 0 saturated carbocycles. The quantitative estimate of drug-likeness (QED) is 0.101. The Hall–Kier alpha value is -3.64. The topological polar surface area (TPSA) is 171 Å². The lowest BCUT2D eigenvalue weighted by Crippen LogP contribution is -2.17. The molecular weight excluding hydrogens is 444 g/mol. The zero-order valence-electron chi connectivity index (χ0n) is 18.1. The number of H-pyrrole nitrogens is 1. The first-order valence-corrected chi connectivity index (χ1v) is 11.2. The fourth-order valence-corrected chi connectivity index (χ4v) is 3.67. The van der Waals surface area contributed by atoms with Crippen molar-refractivity contribution in [2.45, 2.75) is 42.7 Å². The number of nitrogens with zero attached hydrogens (tertiary/aromatic N) is 3. The van der Waals surface area contributed by atoms with Gasteiger partial charge in [0.05, 0.1) is 5.69 Å². The molecule has 2 heterocycles. The van der Waals surface area contributed by atoms with Crippen LogP contribution in [0, 0.1) is 6.92 Å². The summed E-state index contributed by atoms with van der Waals surface area (Å²) >= 11 is 1.36. The van der Waals surface area contributed by atoms with Gasteiger partial charge in [0.25, 0.3) is 0 Å². The molecule has 1 aromatic carbocycles. The van der Waals surface area contributed by atoms with Crippen LogP contribution >= 0.6 is 11.8 Å². The number of primary amides is 1.